The van der Waals surface area contributed by atoms with Gasteiger partial charge in [0, 0.05) is 37.5 Å². The highest BCUT2D eigenvalue weighted by Crippen LogP contribution is 2.28. The zero-order valence-electron chi connectivity index (χ0n) is 14.1. The first kappa shape index (κ1) is 16.7. The van der Waals surface area contributed by atoms with Gasteiger partial charge in [0.1, 0.15) is 5.02 Å². The summed E-state index contributed by atoms with van der Waals surface area (Å²) in [4.78, 5) is 37.2. The van der Waals surface area contributed by atoms with Gasteiger partial charge in [0.25, 0.3) is 11.5 Å². The SMILES string of the molecule is Cc1cnc2c(Cl)c(C(=O)N3CCCC(c4cc(=O)[nH]cn4)C3)nn2c1. The van der Waals surface area contributed by atoms with Crippen LogP contribution in [-0.4, -0.2) is 48.5 Å². The van der Waals surface area contributed by atoms with E-state index in [9.17, 15) is 9.59 Å². The summed E-state index contributed by atoms with van der Waals surface area (Å²) >= 11 is 6.35. The van der Waals surface area contributed by atoms with Crippen LogP contribution in [0.3, 0.4) is 0 Å². The van der Waals surface area contributed by atoms with E-state index < -0.39 is 0 Å². The van der Waals surface area contributed by atoms with Crippen molar-refractivity contribution in [2.24, 2.45) is 0 Å². The molecule has 0 spiro atoms. The quantitative estimate of drug-likeness (QED) is 0.739. The maximum absolute atomic E-state index is 13.0. The number of aryl methyl sites for hydroxylation is 1. The summed E-state index contributed by atoms with van der Waals surface area (Å²) < 4.78 is 1.53. The fourth-order valence-electron chi connectivity index (χ4n) is 3.30. The Hall–Kier alpha value is -2.74. The number of hydrogen-bond donors (Lipinski definition) is 1. The highest BCUT2D eigenvalue weighted by Gasteiger charge is 2.30. The van der Waals surface area contributed by atoms with Gasteiger partial charge in [0.2, 0.25) is 0 Å². The standard InChI is InChI=1S/C17H17ClN6O2/c1-10-6-19-16-14(18)15(22-24(16)7-10)17(26)23-4-2-3-11(8-23)12-5-13(25)21-9-20-12/h5-7,9,11H,2-4,8H2,1H3,(H,20,21,25). The van der Waals surface area contributed by atoms with E-state index in [1.165, 1.54) is 16.9 Å². The molecule has 0 saturated carbocycles. The Bertz CT molecular complexity index is 1040. The monoisotopic (exact) mass is 372 g/mol. The maximum Gasteiger partial charge on any atom is 0.276 e. The summed E-state index contributed by atoms with van der Waals surface area (Å²) in [6.45, 7) is 2.99. The van der Waals surface area contributed by atoms with Gasteiger partial charge >= 0.3 is 0 Å². The number of nitrogens with zero attached hydrogens (tertiary/aromatic N) is 5. The van der Waals surface area contributed by atoms with Gasteiger partial charge in [-0.3, -0.25) is 9.59 Å². The highest BCUT2D eigenvalue weighted by atomic mass is 35.5. The number of hydrogen-bond acceptors (Lipinski definition) is 5. The molecule has 4 heterocycles. The van der Waals surface area contributed by atoms with E-state index in [1.807, 2.05) is 6.92 Å². The van der Waals surface area contributed by atoms with Crippen LogP contribution in [0.4, 0.5) is 0 Å². The van der Waals surface area contributed by atoms with Crippen molar-refractivity contribution in [3.63, 3.8) is 0 Å². The van der Waals surface area contributed by atoms with Crippen LogP contribution in [0.5, 0.6) is 0 Å². The average Bonchev–Trinajstić information content (AvgIpc) is 2.97. The summed E-state index contributed by atoms with van der Waals surface area (Å²) in [7, 11) is 0. The number of halogens is 1. The third-order valence-corrected chi connectivity index (χ3v) is 4.92. The third kappa shape index (κ3) is 2.96. The van der Waals surface area contributed by atoms with Gasteiger partial charge in [-0.05, 0) is 25.3 Å². The van der Waals surface area contributed by atoms with Crippen molar-refractivity contribution in [1.82, 2.24) is 29.5 Å². The third-order valence-electron chi connectivity index (χ3n) is 4.57. The smallest absolute Gasteiger partial charge is 0.276 e. The summed E-state index contributed by atoms with van der Waals surface area (Å²) in [5.74, 6) is -0.209. The lowest BCUT2D eigenvalue weighted by Crippen LogP contribution is -2.39. The van der Waals surface area contributed by atoms with Crippen molar-refractivity contribution < 1.29 is 4.79 Å². The predicted octanol–water partition coefficient (Wildman–Crippen LogP) is 1.79. The minimum Gasteiger partial charge on any atom is -0.337 e. The highest BCUT2D eigenvalue weighted by molar-refractivity contribution is 6.36. The molecule has 3 aromatic heterocycles. The van der Waals surface area contributed by atoms with E-state index in [0.29, 0.717) is 24.4 Å². The van der Waals surface area contributed by atoms with Crippen LogP contribution < -0.4 is 5.56 Å². The van der Waals surface area contributed by atoms with Gasteiger partial charge < -0.3 is 9.88 Å². The molecular formula is C17H17ClN6O2. The number of rotatable bonds is 2. The van der Waals surface area contributed by atoms with E-state index in [-0.39, 0.29) is 28.1 Å². The number of fused-ring (bicyclic) bond motifs is 1. The first-order valence-corrected chi connectivity index (χ1v) is 8.75. The minimum atomic E-state index is -0.229. The molecule has 26 heavy (non-hydrogen) atoms. The van der Waals surface area contributed by atoms with Crippen LogP contribution in [0.15, 0.2) is 29.6 Å². The number of H-pyrrole nitrogens is 1. The number of nitrogens with one attached hydrogen (secondary N) is 1. The second kappa shape index (κ2) is 6.53. The molecule has 1 aliphatic rings. The number of carbonyl (C=O) groups excluding carboxylic acids is 1. The van der Waals surface area contributed by atoms with Crippen molar-refractivity contribution in [1.29, 1.82) is 0 Å². The average molecular weight is 373 g/mol. The topological polar surface area (TPSA) is 96.2 Å². The number of aromatic amines is 1. The molecule has 0 aromatic carbocycles. The molecule has 1 aliphatic heterocycles. The lowest BCUT2D eigenvalue weighted by molar-refractivity contribution is 0.0699. The molecule has 1 atom stereocenters. The second-order valence-electron chi connectivity index (χ2n) is 6.49. The molecule has 9 heteroatoms. The van der Waals surface area contributed by atoms with Gasteiger partial charge in [-0.25, -0.2) is 14.5 Å². The van der Waals surface area contributed by atoms with Gasteiger partial charge in [0.15, 0.2) is 11.3 Å². The Kier molecular flexibility index (Phi) is 4.20. The molecule has 1 N–H and O–H groups in total. The Labute approximate surface area is 153 Å². The molecule has 0 bridgehead atoms. The summed E-state index contributed by atoms with van der Waals surface area (Å²) in [6, 6.07) is 1.49. The molecule has 1 amide bonds. The summed E-state index contributed by atoms with van der Waals surface area (Å²) in [5, 5.41) is 4.58. The predicted molar refractivity (Wildman–Crippen MR) is 95.5 cm³/mol. The fraction of sp³-hybridized carbons (Fsp3) is 0.353. The zero-order valence-corrected chi connectivity index (χ0v) is 14.9. The van der Waals surface area contributed by atoms with Crippen LogP contribution in [-0.2, 0) is 0 Å². The number of carbonyl (C=O) groups is 1. The fourth-order valence-corrected chi connectivity index (χ4v) is 3.55. The van der Waals surface area contributed by atoms with Gasteiger partial charge in [-0.2, -0.15) is 5.10 Å². The van der Waals surface area contributed by atoms with Crippen LogP contribution >= 0.6 is 11.6 Å². The Morgan fingerprint density at radius 2 is 2.23 bits per heavy atom. The van der Waals surface area contributed by atoms with Crippen molar-refractivity contribution in [2.75, 3.05) is 13.1 Å². The molecule has 3 aromatic rings. The van der Waals surface area contributed by atoms with Crippen molar-refractivity contribution >= 4 is 23.2 Å². The van der Waals surface area contributed by atoms with Crippen molar-refractivity contribution in [3.05, 3.63) is 57.1 Å². The first-order chi connectivity index (χ1) is 12.5. The van der Waals surface area contributed by atoms with Gasteiger partial charge in [0.05, 0.1) is 12.0 Å². The first-order valence-electron chi connectivity index (χ1n) is 8.37. The molecule has 0 aliphatic carbocycles. The van der Waals surface area contributed by atoms with Crippen LogP contribution in [0.1, 0.15) is 40.5 Å². The Morgan fingerprint density at radius 1 is 1.38 bits per heavy atom. The number of piperidine rings is 1. The maximum atomic E-state index is 13.0. The lowest BCUT2D eigenvalue weighted by atomic mass is 9.94. The number of aromatic nitrogens is 5. The molecule has 1 fully saturated rings. The summed E-state index contributed by atoms with van der Waals surface area (Å²) in [5.41, 5.74) is 2.09. The second-order valence-corrected chi connectivity index (χ2v) is 6.87. The largest absolute Gasteiger partial charge is 0.337 e. The van der Waals surface area contributed by atoms with Crippen LogP contribution in [0, 0.1) is 6.92 Å². The van der Waals surface area contributed by atoms with E-state index in [4.69, 9.17) is 11.6 Å². The van der Waals surface area contributed by atoms with E-state index in [1.54, 1.807) is 17.3 Å². The molecule has 1 unspecified atom stereocenters. The zero-order chi connectivity index (χ0) is 18.3. The van der Waals surface area contributed by atoms with Crippen LogP contribution in [0.25, 0.3) is 5.65 Å². The number of likely N-dealkylation sites (tertiary alicyclic amines) is 1. The van der Waals surface area contributed by atoms with E-state index in [2.05, 4.69) is 20.1 Å². The summed E-state index contributed by atoms with van der Waals surface area (Å²) in [6.07, 6.45) is 6.56. The van der Waals surface area contributed by atoms with Gasteiger partial charge in [-0.1, -0.05) is 11.6 Å². The van der Waals surface area contributed by atoms with E-state index in [0.717, 1.165) is 18.4 Å². The molecule has 134 valence electrons. The van der Waals surface area contributed by atoms with Crippen molar-refractivity contribution in [2.45, 2.75) is 25.7 Å². The van der Waals surface area contributed by atoms with E-state index >= 15 is 0 Å². The minimum absolute atomic E-state index is 0.0196. The lowest BCUT2D eigenvalue weighted by Gasteiger charge is -2.32. The molecule has 8 nitrogen and oxygen atoms in total. The normalized spacial score (nSPS) is 17.6. The molecule has 1 saturated heterocycles. The Morgan fingerprint density at radius 3 is 3.04 bits per heavy atom. The molecule has 4 rings (SSSR count). The number of amides is 1. The van der Waals surface area contributed by atoms with Crippen LogP contribution in [0.2, 0.25) is 5.02 Å². The Balaban J connectivity index is 1.62. The van der Waals surface area contributed by atoms with Crippen molar-refractivity contribution in [3.8, 4) is 0 Å². The molecular weight excluding hydrogens is 356 g/mol. The van der Waals surface area contributed by atoms with Gasteiger partial charge in [-0.15, -0.1) is 0 Å². The molecule has 0 radical (unpaired) electrons.